The molecule has 140 valence electrons. The Kier molecular flexibility index (Phi) is 5.81. The van der Waals surface area contributed by atoms with Gasteiger partial charge in [-0.3, -0.25) is 10.2 Å². The molecule has 1 heterocycles. The first kappa shape index (κ1) is 19.0. The van der Waals surface area contributed by atoms with Crippen molar-refractivity contribution in [1.29, 1.82) is 0 Å². The van der Waals surface area contributed by atoms with Crippen LogP contribution >= 0.6 is 11.8 Å². The number of thioether (sulfide) groups is 1. The number of imidazole rings is 1. The summed E-state index contributed by atoms with van der Waals surface area (Å²) >= 11 is 1.34. The smallest absolute Gasteiger partial charge is 0.187 e. The van der Waals surface area contributed by atoms with Gasteiger partial charge in [0.15, 0.2) is 10.9 Å². The van der Waals surface area contributed by atoms with Crippen molar-refractivity contribution in [2.24, 2.45) is 0 Å². The summed E-state index contributed by atoms with van der Waals surface area (Å²) in [5, 5.41) is 0.691. The molecule has 0 aliphatic carbocycles. The minimum Gasteiger partial charge on any atom is -0.497 e. The molecule has 3 aromatic rings. The van der Waals surface area contributed by atoms with E-state index in [9.17, 15) is 9.18 Å². The van der Waals surface area contributed by atoms with E-state index >= 15 is 0 Å². The highest BCUT2D eigenvalue weighted by molar-refractivity contribution is 7.99. The average Bonchev–Trinajstić information content (AvgIpc) is 2.95. The summed E-state index contributed by atoms with van der Waals surface area (Å²) in [6.45, 7) is 3.89. The molecule has 0 atom stereocenters. The predicted octanol–water partition coefficient (Wildman–Crippen LogP) is 4.50. The number of methoxy groups -OCH3 is 1. The van der Waals surface area contributed by atoms with Crippen molar-refractivity contribution in [2.45, 2.75) is 19.0 Å². The first-order chi connectivity index (χ1) is 13.0. The van der Waals surface area contributed by atoms with Gasteiger partial charge in [-0.2, -0.15) is 0 Å². The van der Waals surface area contributed by atoms with Crippen LogP contribution < -0.4 is 10.2 Å². The third-order valence-electron chi connectivity index (χ3n) is 4.14. The number of nitrogens with one attached hydrogen (secondary N) is 1. The van der Waals surface area contributed by atoms with Gasteiger partial charge in [0.1, 0.15) is 11.6 Å². The van der Waals surface area contributed by atoms with Crippen LogP contribution in [0.25, 0.3) is 0 Å². The monoisotopic (exact) mass is 385 g/mol. The second-order valence-electron chi connectivity index (χ2n) is 5.96. The lowest BCUT2D eigenvalue weighted by Gasteiger charge is -2.13. The molecule has 0 spiro atoms. The highest BCUT2D eigenvalue weighted by Gasteiger charge is 2.15. The molecule has 2 aromatic carbocycles. The lowest BCUT2D eigenvalue weighted by molar-refractivity contribution is 0.102. The van der Waals surface area contributed by atoms with Gasteiger partial charge in [-0.05, 0) is 62.4 Å². The fraction of sp³-hybridized carbons (Fsp3) is 0.200. The third-order valence-corrected chi connectivity index (χ3v) is 5.08. The van der Waals surface area contributed by atoms with E-state index in [1.807, 2.05) is 42.8 Å². The maximum atomic E-state index is 13.0. The Morgan fingerprint density at radius 2 is 1.81 bits per heavy atom. The molecule has 0 unspecified atom stereocenters. The van der Waals surface area contributed by atoms with E-state index in [1.54, 1.807) is 7.11 Å². The minimum atomic E-state index is -0.357. The number of ketones is 1. The highest BCUT2D eigenvalue weighted by atomic mass is 32.2. The van der Waals surface area contributed by atoms with Gasteiger partial charge < -0.3 is 4.74 Å². The number of aryl methyl sites for hydroxylation is 1. The van der Waals surface area contributed by atoms with Gasteiger partial charge >= 0.3 is 0 Å². The van der Waals surface area contributed by atoms with Crippen LogP contribution in [0.5, 0.6) is 5.75 Å². The summed E-state index contributed by atoms with van der Waals surface area (Å²) in [7, 11) is 1.62. The van der Waals surface area contributed by atoms with Gasteiger partial charge in [0.05, 0.1) is 29.9 Å². The first-order valence-corrected chi connectivity index (χ1v) is 9.35. The van der Waals surface area contributed by atoms with Gasteiger partial charge in [0.25, 0.3) is 0 Å². The standard InChI is InChI=1S/C20H20FN3O2S/c1-13-14(2)24(23-17-8-10-18(26-3)11-9-17)20(22-13)27-12-19(25)15-4-6-16(21)7-5-15/h4-11,23H,12H2,1-3H3. The highest BCUT2D eigenvalue weighted by Crippen LogP contribution is 2.23. The summed E-state index contributed by atoms with van der Waals surface area (Å²) in [5.41, 5.74) is 6.51. The van der Waals surface area contributed by atoms with Crippen molar-refractivity contribution in [2.75, 3.05) is 18.3 Å². The van der Waals surface area contributed by atoms with E-state index in [1.165, 1.54) is 36.0 Å². The van der Waals surface area contributed by atoms with Gasteiger partial charge in [0.2, 0.25) is 0 Å². The van der Waals surface area contributed by atoms with E-state index in [0.717, 1.165) is 22.8 Å². The van der Waals surface area contributed by atoms with Crippen LogP contribution in [0.15, 0.2) is 53.7 Å². The summed E-state index contributed by atoms with van der Waals surface area (Å²) < 4.78 is 20.0. The molecule has 0 fully saturated rings. The lowest BCUT2D eigenvalue weighted by Crippen LogP contribution is -2.13. The maximum absolute atomic E-state index is 13.0. The van der Waals surface area contributed by atoms with Crippen molar-refractivity contribution in [3.05, 3.63) is 71.3 Å². The summed E-state index contributed by atoms with van der Waals surface area (Å²) in [5.74, 6) is 0.559. The second-order valence-corrected chi connectivity index (χ2v) is 6.90. The number of hydrogen-bond donors (Lipinski definition) is 1. The van der Waals surface area contributed by atoms with E-state index < -0.39 is 0 Å². The Balaban J connectivity index is 1.74. The molecule has 0 saturated heterocycles. The Morgan fingerprint density at radius 3 is 2.44 bits per heavy atom. The summed E-state index contributed by atoms with van der Waals surface area (Å²) in [6.07, 6.45) is 0. The van der Waals surface area contributed by atoms with Gasteiger partial charge in [-0.1, -0.05) is 11.8 Å². The van der Waals surface area contributed by atoms with Crippen molar-refractivity contribution in [1.82, 2.24) is 9.66 Å². The van der Waals surface area contributed by atoms with Crippen molar-refractivity contribution in [3.63, 3.8) is 0 Å². The van der Waals surface area contributed by atoms with E-state index in [-0.39, 0.29) is 17.4 Å². The number of nitrogens with zero attached hydrogens (tertiary/aromatic N) is 2. The van der Waals surface area contributed by atoms with Crippen LogP contribution in [0, 0.1) is 19.7 Å². The average molecular weight is 385 g/mol. The molecule has 0 aliphatic heterocycles. The number of aromatic nitrogens is 2. The van der Waals surface area contributed by atoms with Crippen molar-refractivity contribution >= 4 is 23.2 Å². The molecule has 7 heteroatoms. The predicted molar refractivity (Wildman–Crippen MR) is 105 cm³/mol. The number of Topliss-reactive ketones (excluding diaryl/α,β-unsaturated/α-hetero) is 1. The van der Waals surface area contributed by atoms with E-state index in [4.69, 9.17) is 4.74 Å². The Labute approximate surface area is 161 Å². The quantitative estimate of drug-likeness (QED) is 0.479. The number of ether oxygens (including phenoxy) is 1. The molecule has 0 radical (unpaired) electrons. The Hall–Kier alpha value is -2.80. The minimum absolute atomic E-state index is 0.0747. The van der Waals surface area contributed by atoms with Crippen LogP contribution in [0.3, 0.4) is 0 Å². The number of rotatable bonds is 7. The molecule has 1 aromatic heterocycles. The second kappa shape index (κ2) is 8.26. The van der Waals surface area contributed by atoms with Crippen LogP contribution in [0.1, 0.15) is 21.7 Å². The normalized spacial score (nSPS) is 10.7. The molecule has 5 nitrogen and oxygen atoms in total. The van der Waals surface area contributed by atoms with Gasteiger partial charge in [0, 0.05) is 5.56 Å². The topological polar surface area (TPSA) is 56.1 Å². The molecule has 3 rings (SSSR count). The van der Waals surface area contributed by atoms with E-state index in [0.29, 0.717) is 10.7 Å². The van der Waals surface area contributed by atoms with Crippen molar-refractivity contribution < 1.29 is 13.9 Å². The number of hydrogen-bond acceptors (Lipinski definition) is 5. The maximum Gasteiger partial charge on any atom is 0.187 e. The molecule has 0 bridgehead atoms. The summed E-state index contributed by atoms with van der Waals surface area (Å²) in [6, 6.07) is 13.1. The number of halogens is 1. The molecule has 1 N–H and O–H groups in total. The molecular weight excluding hydrogens is 365 g/mol. The number of carbonyl (C=O) groups is 1. The Bertz CT molecular complexity index is 937. The zero-order valence-corrected chi connectivity index (χ0v) is 16.1. The molecule has 0 amide bonds. The van der Waals surface area contributed by atoms with Gasteiger partial charge in [-0.15, -0.1) is 0 Å². The number of benzene rings is 2. The first-order valence-electron chi connectivity index (χ1n) is 8.36. The van der Waals surface area contributed by atoms with Crippen LogP contribution in [0.2, 0.25) is 0 Å². The number of anilines is 1. The number of carbonyl (C=O) groups excluding carboxylic acids is 1. The molecule has 0 aliphatic rings. The summed E-state index contributed by atoms with van der Waals surface area (Å²) in [4.78, 5) is 16.9. The van der Waals surface area contributed by atoms with Gasteiger partial charge in [-0.25, -0.2) is 14.1 Å². The zero-order valence-electron chi connectivity index (χ0n) is 15.3. The lowest BCUT2D eigenvalue weighted by atomic mass is 10.1. The Morgan fingerprint density at radius 1 is 1.15 bits per heavy atom. The van der Waals surface area contributed by atoms with Crippen LogP contribution in [0.4, 0.5) is 10.1 Å². The molecule has 27 heavy (non-hydrogen) atoms. The fourth-order valence-corrected chi connectivity index (χ4v) is 3.39. The molecular formula is C20H20FN3O2S. The third kappa shape index (κ3) is 4.49. The van der Waals surface area contributed by atoms with Crippen LogP contribution in [-0.4, -0.2) is 28.3 Å². The zero-order chi connectivity index (χ0) is 19.4. The SMILES string of the molecule is COc1ccc(Nn2c(SCC(=O)c3ccc(F)cc3)nc(C)c2C)cc1. The van der Waals surface area contributed by atoms with E-state index in [2.05, 4.69) is 10.4 Å². The molecule has 0 saturated carbocycles. The fourth-order valence-electron chi connectivity index (χ4n) is 2.45. The largest absolute Gasteiger partial charge is 0.497 e. The van der Waals surface area contributed by atoms with Crippen molar-refractivity contribution in [3.8, 4) is 5.75 Å². The van der Waals surface area contributed by atoms with Crippen LogP contribution in [-0.2, 0) is 0 Å².